The van der Waals surface area contributed by atoms with Gasteiger partial charge in [-0.1, -0.05) is 29.3 Å². The molecule has 2 aromatic carbocycles. The number of urea groups is 1. The second kappa shape index (κ2) is 12.2. The molecule has 0 radical (unpaired) electrons. The highest BCUT2D eigenvalue weighted by Gasteiger charge is 2.40. The Labute approximate surface area is 251 Å². The van der Waals surface area contributed by atoms with Crippen LogP contribution in [0.3, 0.4) is 0 Å². The Kier molecular flexibility index (Phi) is 9.21. The Morgan fingerprint density at radius 1 is 0.977 bits per heavy atom. The Balaban J connectivity index is 1.61. The Morgan fingerprint density at radius 2 is 1.60 bits per heavy atom. The molecule has 0 aromatic heterocycles. The van der Waals surface area contributed by atoms with Crippen molar-refractivity contribution < 1.29 is 45.5 Å². The van der Waals surface area contributed by atoms with Gasteiger partial charge in [-0.2, -0.15) is 26.3 Å². The molecule has 2 heterocycles. The first-order chi connectivity index (χ1) is 20.0. The van der Waals surface area contributed by atoms with Crippen molar-refractivity contribution >= 4 is 47.0 Å². The molecule has 2 aromatic rings. The second-order valence-electron chi connectivity index (χ2n) is 10.2. The summed E-state index contributed by atoms with van der Waals surface area (Å²) in [6.45, 7) is 0.108. The number of amides is 5. The van der Waals surface area contributed by atoms with E-state index in [1.165, 1.54) is 24.1 Å². The fraction of sp³-hybridized carbons (Fsp3) is 0.407. The van der Waals surface area contributed by atoms with Gasteiger partial charge in [0.05, 0.1) is 21.2 Å². The smallest absolute Gasteiger partial charge is 0.342 e. The number of nitrogens with zero attached hydrogens (tertiary/aromatic N) is 2. The zero-order valence-corrected chi connectivity index (χ0v) is 23.8. The summed E-state index contributed by atoms with van der Waals surface area (Å²) < 4.78 is 80.6. The number of likely N-dealkylation sites (tertiary alicyclic amines) is 1. The SMILES string of the molecule is CN(C(=O)c1cc(C(F)(F)F)cc(C(F)(F)F)c1)[C@@H]1CCN(C(=O)CCC2NC(=O)NC2=O)C[C@H]1c1ccc(Cl)c(Cl)c1. The molecule has 2 fully saturated rings. The van der Waals surface area contributed by atoms with E-state index in [0.29, 0.717) is 17.7 Å². The van der Waals surface area contributed by atoms with E-state index >= 15 is 0 Å². The molecule has 2 aliphatic rings. The highest BCUT2D eigenvalue weighted by molar-refractivity contribution is 6.42. The van der Waals surface area contributed by atoms with Crippen molar-refractivity contribution in [3.05, 3.63) is 68.7 Å². The summed E-state index contributed by atoms with van der Waals surface area (Å²) in [5, 5.41) is 4.85. The lowest BCUT2D eigenvalue weighted by molar-refractivity contribution is -0.143. The summed E-state index contributed by atoms with van der Waals surface area (Å²) in [5.74, 6) is -2.66. The predicted molar refractivity (Wildman–Crippen MR) is 142 cm³/mol. The van der Waals surface area contributed by atoms with Crippen LogP contribution < -0.4 is 10.6 Å². The average molecular weight is 653 g/mol. The number of carbonyl (C=O) groups excluding carboxylic acids is 4. The maximum absolute atomic E-state index is 13.4. The van der Waals surface area contributed by atoms with Gasteiger partial charge in [0.1, 0.15) is 6.04 Å². The maximum atomic E-state index is 13.4. The number of carbonyl (C=O) groups is 4. The third-order valence-corrected chi connectivity index (χ3v) is 8.20. The van der Waals surface area contributed by atoms with Crippen LogP contribution in [0.25, 0.3) is 0 Å². The Morgan fingerprint density at radius 3 is 2.14 bits per heavy atom. The summed E-state index contributed by atoms with van der Waals surface area (Å²) in [5.41, 5.74) is -3.51. The van der Waals surface area contributed by atoms with Crippen molar-refractivity contribution in [3.63, 3.8) is 0 Å². The molecule has 1 unspecified atom stereocenters. The van der Waals surface area contributed by atoms with E-state index in [2.05, 4.69) is 10.6 Å². The van der Waals surface area contributed by atoms with E-state index in [1.807, 2.05) is 0 Å². The van der Waals surface area contributed by atoms with Gasteiger partial charge < -0.3 is 15.1 Å². The van der Waals surface area contributed by atoms with Gasteiger partial charge in [0, 0.05) is 44.1 Å². The monoisotopic (exact) mass is 652 g/mol. The number of likely N-dealkylation sites (N-methyl/N-ethyl adjacent to an activating group) is 1. The first-order valence-corrected chi connectivity index (χ1v) is 13.6. The van der Waals surface area contributed by atoms with E-state index in [1.54, 1.807) is 6.07 Å². The molecule has 2 saturated heterocycles. The number of hydrogen-bond donors (Lipinski definition) is 2. The first kappa shape index (κ1) is 32.4. The van der Waals surface area contributed by atoms with Crippen LogP contribution in [0.1, 0.15) is 52.2 Å². The molecule has 8 nitrogen and oxygen atoms in total. The molecule has 0 aliphatic carbocycles. The van der Waals surface area contributed by atoms with Gasteiger partial charge in [-0.15, -0.1) is 0 Å². The lowest BCUT2D eigenvalue weighted by atomic mass is 9.84. The van der Waals surface area contributed by atoms with Crippen molar-refractivity contribution in [2.24, 2.45) is 0 Å². The van der Waals surface area contributed by atoms with Crippen LogP contribution in [0.4, 0.5) is 31.1 Å². The molecule has 232 valence electrons. The third-order valence-electron chi connectivity index (χ3n) is 7.46. The van der Waals surface area contributed by atoms with Gasteiger partial charge in [0.25, 0.3) is 11.8 Å². The van der Waals surface area contributed by atoms with E-state index < -0.39 is 64.9 Å². The molecule has 0 spiro atoms. The zero-order valence-electron chi connectivity index (χ0n) is 22.3. The Hall–Kier alpha value is -3.52. The van der Waals surface area contributed by atoms with Gasteiger partial charge in [0.15, 0.2) is 0 Å². The van der Waals surface area contributed by atoms with E-state index in [-0.39, 0.29) is 54.4 Å². The van der Waals surface area contributed by atoms with Crippen molar-refractivity contribution in [2.75, 3.05) is 20.1 Å². The minimum atomic E-state index is -5.13. The summed E-state index contributed by atoms with van der Waals surface area (Å²) in [6.07, 6.45) is -10.2. The van der Waals surface area contributed by atoms with E-state index in [9.17, 15) is 45.5 Å². The summed E-state index contributed by atoms with van der Waals surface area (Å²) in [7, 11) is 1.27. The Bertz CT molecular complexity index is 1420. The number of alkyl halides is 6. The highest BCUT2D eigenvalue weighted by atomic mass is 35.5. The normalized spacial score (nSPS) is 21.0. The largest absolute Gasteiger partial charge is 0.416 e. The number of nitrogens with one attached hydrogen (secondary N) is 2. The van der Waals surface area contributed by atoms with E-state index in [0.717, 1.165) is 4.90 Å². The molecule has 3 atom stereocenters. The first-order valence-electron chi connectivity index (χ1n) is 12.9. The minimum Gasteiger partial charge on any atom is -0.342 e. The molecule has 0 bridgehead atoms. The molecular weight excluding hydrogens is 629 g/mol. The predicted octanol–water partition coefficient (Wildman–Crippen LogP) is 5.48. The fourth-order valence-electron chi connectivity index (χ4n) is 5.22. The molecule has 5 amide bonds. The lowest BCUT2D eigenvalue weighted by Gasteiger charge is -2.43. The number of halogens is 8. The number of piperidine rings is 1. The van der Waals surface area contributed by atoms with Crippen molar-refractivity contribution in [1.29, 1.82) is 0 Å². The summed E-state index contributed by atoms with van der Waals surface area (Å²) in [4.78, 5) is 52.2. The topological polar surface area (TPSA) is 98.8 Å². The maximum Gasteiger partial charge on any atom is 0.416 e. The van der Waals surface area contributed by atoms with Crippen LogP contribution in [0.2, 0.25) is 10.0 Å². The molecule has 16 heteroatoms. The number of hydrogen-bond acceptors (Lipinski definition) is 4. The van der Waals surface area contributed by atoms with Gasteiger partial charge in [-0.05, 0) is 48.7 Å². The number of rotatable bonds is 6. The van der Waals surface area contributed by atoms with Crippen molar-refractivity contribution in [1.82, 2.24) is 20.4 Å². The lowest BCUT2D eigenvalue weighted by Crippen LogP contribution is -2.52. The second-order valence-corrected chi connectivity index (χ2v) is 11.1. The van der Waals surface area contributed by atoms with Gasteiger partial charge in [-0.25, -0.2) is 4.79 Å². The van der Waals surface area contributed by atoms with Crippen LogP contribution in [0, 0.1) is 0 Å². The van der Waals surface area contributed by atoms with Gasteiger partial charge in [0.2, 0.25) is 5.91 Å². The van der Waals surface area contributed by atoms with Crippen LogP contribution in [-0.2, 0) is 21.9 Å². The fourth-order valence-corrected chi connectivity index (χ4v) is 5.53. The van der Waals surface area contributed by atoms with Crippen LogP contribution in [-0.4, -0.2) is 65.8 Å². The average Bonchev–Trinajstić information content (AvgIpc) is 3.27. The summed E-state index contributed by atoms with van der Waals surface area (Å²) >= 11 is 12.3. The molecule has 43 heavy (non-hydrogen) atoms. The molecule has 2 N–H and O–H groups in total. The van der Waals surface area contributed by atoms with Crippen molar-refractivity contribution in [2.45, 2.75) is 49.6 Å². The molecule has 4 rings (SSSR count). The number of imide groups is 1. The van der Waals surface area contributed by atoms with Gasteiger partial charge in [-0.3, -0.25) is 19.7 Å². The van der Waals surface area contributed by atoms with E-state index in [4.69, 9.17) is 23.2 Å². The third kappa shape index (κ3) is 7.35. The van der Waals surface area contributed by atoms with Gasteiger partial charge >= 0.3 is 18.4 Å². The molecule has 2 aliphatic heterocycles. The minimum absolute atomic E-state index is 0.0126. The highest BCUT2D eigenvalue weighted by Crippen LogP contribution is 2.38. The van der Waals surface area contributed by atoms with Crippen LogP contribution in [0.5, 0.6) is 0 Å². The van der Waals surface area contributed by atoms with Crippen LogP contribution in [0.15, 0.2) is 36.4 Å². The molecular formula is C27H24Cl2F6N4O4. The molecule has 0 saturated carbocycles. The zero-order chi connectivity index (χ0) is 31.9. The quantitative estimate of drug-likeness (QED) is 0.319. The standard InChI is InChI=1S/C27H24Cl2F6N4O4/c1-38(24(42)14-8-15(26(30,31)32)11-16(9-14)27(33,34)35)21-6-7-39(12-17(21)13-2-3-18(28)19(29)10-13)22(40)5-4-20-23(41)37-25(43)36-20/h2-3,8-11,17,20-21H,4-7,12H2,1H3,(H2,36,37,41,43)/t17-,20?,21+/m0/s1. The van der Waals surface area contributed by atoms with Crippen LogP contribution >= 0.6 is 23.2 Å². The number of benzene rings is 2. The summed E-state index contributed by atoms with van der Waals surface area (Å²) in [6, 6.07) is 2.98. The van der Waals surface area contributed by atoms with Crippen molar-refractivity contribution in [3.8, 4) is 0 Å².